The topological polar surface area (TPSA) is 99.3 Å². The first-order valence-electron chi connectivity index (χ1n) is 16.0. The fourth-order valence-electron chi connectivity index (χ4n) is 5.92. The average Bonchev–Trinajstić information content (AvgIpc) is 3.64. The first-order valence-corrected chi connectivity index (χ1v) is 17.5. The van der Waals surface area contributed by atoms with Gasteiger partial charge >= 0.3 is 0 Å². The SMILES string of the molecule is O=C(NCCN1CCOCC1)C(Cc1ccccc1)N(Cc1ccc(F)cc1)C(=O)CCc1ccc(S(=O)(=O)N2CCCC2)cc1. The minimum atomic E-state index is -3.53. The summed E-state index contributed by atoms with van der Waals surface area (Å²) >= 11 is 0. The maximum absolute atomic E-state index is 14.0. The van der Waals surface area contributed by atoms with Gasteiger partial charge in [-0.1, -0.05) is 54.6 Å². The predicted molar refractivity (Wildman–Crippen MR) is 174 cm³/mol. The van der Waals surface area contributed by atoms with Gasteiger partial charge in [-0.15, -0.1) is 0 Å². The van der Waals surface area contributed by atoms with E-state index in [4.69, 9.17) is 4.74 Å². The molecule has 1 N–H and O–H groups in total. The molecule has 46 heavy (non-hydrogen) atoms. The number of carbonyl (C=O) groups is 2. The molecule has 2 aliphatic rings. The molecule has 0 aliphatic carbocycles. The van der Waals surface area contributed by atoms with Gasteiger partial charge in [0, 0.05) is 58.7 Å². The Bertz CT molecular complexity index is 1530. The molecule has 3 aromatic rings. The Labute approximate surface area is 271 Å². The van der Waals surface area contributed by atoms with Crippen molar-refractivity contribution in [1.82, 2.24) is 19.4 Å². The summed E-state index contributed by atoms with van der Waals surface area (Å²) in [6.45, 7) is 5.29. The van der Waals surface area contributed by atoms with Crippen molar-refractivity contribution < 1.29 is 27.1 Å². The molecule has 2 amide bonds. The summed E-state index contributed by atoms with van der Waals surface area (Å²) < 4.78 is 46.6. The number of rotatable bonds is 14. The van der Waals surface area contributed by atoms with Crippen LogP contribution >= 0.6 is 0 Å². The van der Waals surface area contributed by atoms with Crippen LogP contribution in [-0.2, 0) is 43.7 Å². The zero-order chi connectivity index (χ0) is 32.4. The van der Waals surface area contributed by atoms with E-state index in [2.05, 4.69) is 10.2 Å². The van der Waals surface area contributed by atoms with Gasteiger partial charge in [0.25, 0.3) is 0 Å². The summed E-state index contributed by atoms with van der Waals surface area (Å²) in [5, 5.41) is 3.06. The number of nitrogens with one attached hydrogen (secondary N) is 1. The maximum atomic E-state index is 14.0. The van der Waals surface area contributed by atoms with Gasteiger partial charge in [-0.05, 0) is 60.2 Å². The minimum absolute atomic E-state index is 0.117. The molecule has 9 nitrogen and oxygen atoms in total. The first-order chi connectivity index (χ1) is 22.3. The Morgan fingerprint density at radius 1 is 0.848 bits per heavy atom. The molecule has 5 rings (SSSR count). The molecule has 2 fully saturated rings. The molecule has 0 radical (unpaired) electrons. The zero-order valence-electron chi connectivity index (χ0n) is 26.2. The van der Waals surface area contributed by atoms with Crippen molar-refractivity contribution in [3.05, 3.63) is 101 Å². The normalized spacial score (nSPS) is 16.6. The smallest absolute Gasteiger partial charge is 0.243 e. The Morgan fingerprint density at radius 3 is 2.17 bits per heavy atom. The van der Waals surface area contributed by atoms with Crippen molar-refractivity contribution in [3.8, 4) is 0 Å². The van der Waals surface area contributed by atoms with E-state index in [1.807, 2.05) is 30.3 Å². The van der Waals surface area contributed by atoms with Crippen LogP contribution in [0.5, 0.6) is 0 Å². The number of hydrogen-bond donors (Lipinski definition) is 1. The molecular weight excluding hydrogens is 607 g/mol. The lowest BCUT2D eigenvalue weighted by Gasteiger charge is -2.32. The molecule has 0 bridgehead atoms. The van der Waals surface area contributed by atoms with E-state index in [0.29, 0.717) is 57.8 Å². The van der Waals surface area contributed by atoms with E-state index in [1.54, 1.807) is 41.3 Å². The van der Waals surface area contributed by atoms with Gasteiger partial charge in [-0.2, -0.15) is 4.31 Å². The van der Waals surface area contributed by atoms with E-state index >= 15 is 0 Å². The van der Waals surface area contributed by atoms with E-state index in [1.165, 1.54) is 16.4 Å². The Kier molecular flexibility index (Phi) is 11.9. The van der Waals surface area contributed by atoms with Crippen molar-refractivity contribution in [3.63, 3.8) is 0 Å². The molecule has 246 valence electrons. The molecule has 1 atom stereocenters. The molecule has 2 saturated heterocycles. The van der Waals surface area contributed by atoms with Crippen molar-refractivity contribution >= 4 is 21.8 Å². The van der Waals surface area contributed by atoms with Crippen LogP contribution in [0.15, 0.2) is 83.8 Å². The fourth-order valence-corrected chi connectivity index (χ4v) is 7.44. The summed E-state index contributed by atoms with van der Waals surface area (Å²) in [7, 11) is -3.53. The van der Waals surface area contributed by atoms with Gasteiger partial charge in [0.05, 0.1) is 18.1 Å². The number of morpholine rings is 1. The van der Waals surface area contributed by atoms with Crippen molar-refractivity contribution in [1.29, 1.82) is 0 Å². The Balaban J connectivity index is 1.32. The lowest BCUT2D eigenvalue weighted by Crippen LogP contribution is -2.52. The fraction of sp³-hybridized carbons (Fsp3) is 0.429. The van der Waals surface area contributed by atoms with Gasteiger partial charge in [0.1, 0.15) is 11.9 Å². The van der Waals surface area contributed by atoms with Gasteiger partial charge in [-0.3, -0.25) is 14.5 Å². The number of ether oxygens (including phenoxy) is 1. The molecule has 11 heteroatoms. The number of aryl methyl sites for hydroxylation is 1. The number of halogens is 1. The predicted octanol–water partition coefficient (Wildman–Crippen LogP) is 3.63. The molecule has 0 spiro atoms. The number of nitrogens with zero attached hydrogens (tertiary/aromatic N) is 3. The molecule has 0 aromatic heterocycles. The van der Waals surface area contributed by atoms with E-state index < -0.39 is 16.1 Å². The molecule has 0 saturated carbocycles. The van der Waals surface area contributed by atoms with Crippen LogP contribution in [0.1, 0.15) is 36.0 Å². The van der Waals surface area contributed by atoms with Crippen LogP contribution in [0, 0.1) is 5.82 Å². The van der Waals surface area contributed by atoms with Gasteiger partial charge < -0.3 is 15.0 Å². The highest BCUT2D eigenvalue weighted by Crippen LogP contribution is 2.22. The highest BCUT2D eigenvalue weighted by Gasteiger charge is 2.31. The van der Waals surface area contributed by atoms with Crippen LogP contribution in [0.2, 0.25) is 0 Å². The Morgan fingerprint density at radius 2 is 1.50 bits per heavy atom. The van der Waals surface area contributed by atoms with Crippen molar-refractivity contribution in [2.24, 2.45) is 0 Å². The number of benzene rings is 3. The number of sulfonamides is 1. The van der Waals surface area contributed by atoms with Crippen LogP contribution in [0.3, 0.4) is 0 Å². The standard InChI is InChI=1S/C35H43FN4O5S/c36-31-13-8-30(9-14-31)27-40(34(41)17-12-28-10-15-32(16-11-28)46(43,44)39-19-4-5-20-39)33(26-29-6-2-1-3-7-29)35(42)37-18-21-38-22-24-45-25-23-38/h1-3,6-11,13-16,33H,4-5,12,17-27H2,(H,37,42). The lowest BCUT2D eigenvalue weighted by atomic mass is 10.0. The third-order valence-electron chi connectivity index (χ3n) is 8.62. The summed E-state index contributed by atoms with van der Waals surface area (Å²) in [6.07, 6.45) is 2.54. The largest absolute Gasteiger partial charge is 0.379 e. The second kappa shape index (κ2) is 16.3. The zero-order valence-corrected chi connectivity index (χ0v) is 27.0. The van der Waals surface area contributed by atoms with Gasteiger partial charge in [-0.25, -0.2) is 12.8 Å². The molecule has 2 heterocycles. The summed E-state index contributed by atoms with van der Waals surface area (Å²) in [4.78, 5) is 31.9. The summed E-state index contributed by atoms with van der Waals surface area (Å²) in [6, 6.07) is 21.5. The van der Waals surface area contributed by atoms with Crippen molar-refractivity contribution in [2.45, 2.75) is 49.6 Å². The highest BCUT2D eigenvalue weighted by atomic mass is 32.2. The summed E-state index contributed by atoms with van der Waals surface area (Å²) in [5.41, 5.74) is 2.46. The van der Waals surface area contributed by atoms with Gasteiger partial charge in [0.2, 0.25) is 21.8 Å². The van der Waals surface area contributed by atoms with E-state index in [0.717, 1.165) is 37.1 Å². The number of carbonyl (C=O) groups excluding carboxylic acids is 2. The second-order valence-electron chi connectivity index (χ2n) is 11.9. The summed E-state index contributed by atoms with van der Waals surface area (Å²) in [5.74, 6) is -0.843. The molecule has 2 aliphatic heterocycles. The van der Waals surface area contributed by atoms with Crippen LogP contribution in [0.25, 0.3) is 0 Å². The van der Waals surface area contributed by atoms with Gasteiger partial charge in [0.15, 0.2) is 0 Å². The van der Waals surface area contributed by atoms with E-state index in [9.17, 15) is 22.4 Å². The second-order valence-corrected chi connectivity index (χ2v) is 13.8. The monoisotopic (exact) mass is 650 g/mol. The first kappa shape index (κ1) is 33.7. The third kappa shape index (κ3) is 9.22. The minimum Gasteiger partial charge on any atom is -0.379 e. The maximum Gasteiger partial charge on any atom is 0.243 e. The molecule has 1 unspecified atom stereocenters. The van der Waals surface area contributed by atoms with Crippen LogP contribution in [0.4, 0.5) is 4.39 Å². The third-order valence-corrected chi connectivity index (χ3v) is 10.5. The quantitative estimate of drug-likeness (QED) is 0.286. The van der Waals surface area contributed by atoms with Crippen LogP contribution < -0.4 is 5.32 Å². The number of amides is 2. The van der Waals surface area contributed by atoms with E-state index in [-0.39, 0.29) is 35.5 Å². The lowest BCUT2D eigenvalue weighted by molar-refractivity contribution is -0.141. The average molecular weight is 651 g/mol. The number of hydrogen-bond acceptors (Lipinski definition) is 6. The Hall–Kier alpha value is -3.64. The van der Waals surface area contributed by atoms with Crippen LogP contribution in [-0.4, -0.2) is 92.9 Å². The molecule has 3 aromatic carbocycles. The molecular formula is C35H43FN4O5S. The van der Waals surface area contributed by atoms with Crippen molar-refractivity contribution in [2.75, 3.05) is 52.5 Å². The highest BCUT2D eigenvalue weighted by molar-refractivity contribution is 7.89.